The van der Waals surface area contributed by atoms with Crippen LogP contribution in [0.25, 0.3) is 0 Å². The number of rotatable bonds is 8. The summed E-state index contributed by atoms with van der Waals surface area (Å²) in [6, 6.07) is 4.37. The van der Waals surface area contributed by atoms with Crippen LogP contribution in [0.1, 0.15) is 46.0 Å². The average molecular weight is 542 g/mol. The number of halogens is 1. The van der Waals surface area contributed by atoms with Gasteiger partial charge in [-0.1, -0.05) is 18.2 Å². The van der Waals surface area contributed by atoms with Crippen LogP contribution in [0, 0.1) is 0 Å². The molecule has 9 nitrogen and oxygen atoms in total. The number of ether oxygens (including phenoxy) is 1. The number of aromatic nitrogens is 2. The molecule has 0 saturated carbocycles. The van der Waals surface area contributed by atoms with Gasteiger partial charge in [-0.2, -0.15) is 4.98 Å². The van der Waals surface area contributed by atoms with Crippen LogP contribution in [0.3, 0.4) is 0 Å². The quantitative estimate of drug-likeness (QED) is 0.435. The van der Waals surface area contributed by atoms with Gasteiger partial charge in [0.1, 0.15) is 10.8 Å². The molecule has 2 saturated heterocycles. The number of amides is 1. The molecule has 0 bridgehead atoms. The fourth-order valence-electron chi connectivity index (χ4n) is 5.39. The molecule has 0 radical (unpaired) electrons. The van der Waals surface area contributed by atoms with E-state index < -0.39 is 0 Å². The van der Waals surface area contributed by atoms with Gasteiger partial charge in [-0.15, -0.1) is 0 Å². The first-order valence-electron chi connectivity index (χ1n) is 13.3. The Bertz CT molecular complexity index is 1160. The van der Waals surface area contributed by atoms with Gasteiger partial charge in [-0.25, -0.2) is 4.98 Å². The van der Waals surface area contributed by atoms with Crippen molar-refractivity contribution in [3.63, 3.8) is 0 Å². The highest BCUT2D eigenvalue weighted by Crippen LogP contribution is 2.40. The second-order valence-corrected chi connectivity index (χ2v) is 11.3. The average Bonchev–Trinajstić information content (AvgIpc) is 2.90. The lowest BCUT2D eigenvalue weighted by Crippen LogP contribution is -2.48. The van der Waals surface area contributed by atoms with Gasteiger partial charge in [0.05, 0.1) is 30.4 Å². The molecule has 2 fully saturated rings. The standard InChI is InChI=1S/C28H40ClN7O2/c1-7-25(37)31-21-16-22(24(38-6)17-23(21)35-14-10-19(11-15-35)34(4)5)32-27-30-18-20(29)26(33-27)36-13-9-8-12-28(36,2)3/h7,16-19H,1,8-15H2,2-6H3,(H,31,37)(H,30,32,33). The van der Waals surface area contributed by atoms with Gasteiger partial charge < -0.3 is 30.1 Å². The highest BCUT2D eigenvalue weighted by molar-refractivity contribution is 6.32. The summed E-state index contributed by atoms with van der Waals surface area (Å²) in [5, 5.41) is 6.80. The van der Waals surface area contributed by atoms with E-state index in [9.17, 15) is 4.79 Å². The summed E-state index contributed by atoms with van der Waals surface area (Å²) in [5.41, 5.74) is 2.18. The normalized spacial score (nSPS) is 17.9. The van der Waals surface area contributed by atoms with Crippen LogP contribution in [0.15, 0.2) is 31.0 Å². The zero-order valence-corrected chi connectivity index (χ0v) is 23.9. The number of nitrogens with zero attached hydrogens (tertiary/aromatic N) is 5. The lowest BCUT2D eigenvalue weighted by molar-refractivity contribution is -0.111. The maximum Gasteiger partial charge on any atom is 0.247 e. The number of methoxy groups -OCH3 is 1. The summed E-state index contributed by atoms with van der Waals surface area (Å²) in [6.07, 6.45) is 8.34. The zero-order chi connectivity index (χ0) is 27.4. The van der Waals surface area contributed by atoms with Crippen LogP contribution in [0.5, 0.6) is 5.75 Å². The summed E-state index contributed by atoms with van der Waals surface area (Å²) >= 11 is 6.57. The van der Waals surface area contributed by atoms with Crippen LogP contribution < -0.4 is 25.2 Å². The second kappa shape index (κ2) is 11.8. The zero-order valence-electron chi connectivity index (χ0n) is 23.2. The van der Waals surface area contributed by atoms with Crippen LogP contribution in [0.4, 0.5) is 28.8 Å². The molecule has 38 heavy (non-hydrogen) atoms. The van der Waals surface area contributed by atoms with E-state index >= 15 is 0 Å². The molecular formula is C28H40ClN7O2. The van der Waals surface area contributed by atoms with E-state index in [0.717, 1.165) is 51.0 Å². The molecule has 0 spiro atoms. The fraction of sp³-hybridized carbons (Fsp3) is 0.536. The number of carbonyl (C=O) groups excluding carboxylic acids is 1. The van der Waals surface area contributed by atoms with Crippen molar-refractivity contribution in [1.82, 2.24) is 14.9 Å². The summed E-state index contributed by atoms with van der Waals surface area (Å²) in [7, 11) is 5.88. The number of carbonyl (C=O) groups is 1. The third kappa shape index (κ3) is 6.15. The van der Waals surface area contributed by atoms with E-state index in [2.05, 4.69) is 64.8 Å². The van der Waals surface area contributed by atoms with Gasteiger partial charge in [0.25, 0.3) is 0 Å². The molecule has 0 atom stereocenters. The second-order valence-electron chi connectivity index (χ2n) is 10.9. The lowest BCUT2D eigenvalue weighted by Gasteiger charge is -2.43. The van der Waals surface area contributed by atoms with Crippen molar-refractivity contribution in [2.24, 2.45) is 0 Å². The van der Waals surface area contributed by atoms with Crippen LogP contribution >= 0.6 is 11.6 Å². The van der Waals surface area contributed by atoms with Crippen LogP contribution in [-0.2, 0) is 4.79 Å². The van der Waals surface area contributed by atoms with E-state index in [0.29, 0.717) is 40.0 Å². The number of hydrogen-bond acceptors (Lipinski definition) is 8. The summed E-state index contributed by atoms with van der Waals surface area (Å²) in [4.78, 5) is 28.4. The SMILES string of the molecule is C=CC(=O)Nc1cc(Nc2ncc(Cl)c(N3CCCCC3(C)C)n2)c(OC)cc1N1CCC(N(C)C)CC1. The molecule has 206 valence electrons. The molecule has 0 aliphatic carbocycles. The van der Waals surface area contributed by atoms with Crippen molar-refractivity contribution in [1.29, 1.82) is 0 Å². The Kier molecular flexibility index (Phi) is 8.67. The summed E-state index contributed by atoms with van der Waals surface area (Å²) in [5.74, 6) is 1.48. The first-order chi connectivity index (χ1) is 18.1. The molecule has 1 aromatic carbocycles. The minimum absolute atomic E-state index is 0.0466. The highest BCUT2D eigenvalue weighted by atomic mass is 35.5. The minimum Gasteiger partial charge on any atom is -0.494 e. The Hall–Kier alpha value is -3.04. The van der Waals surface area contributed by atoms with E-state index in [1.165, 1.54) is 12.5 Å². The monoisotopic (exact) mass is 541 g/mol. The Balaban J connectivity index is 1.67. The minimum atomic E-state index is -0.275. The van der Waals surface area contributed by atoms with Crippen LogP contribution in [0.2, 0.25) is 5.02 Å². The van der Waals surface area contributed by atoms with Gasteiger partial charge in [0.15, 0.2) is 5.82 Å². The predicted molar refractivity (Wildman–Crippen MR) is 156 cm³/mol. The largest absolute Gasteiger partial charge is 0.494 e. The molecule has 3 heterocycles. The molecule has 2 aromatic rings. The van der Waals surface area contributed by atoms with Crippen molar-refractivity contribution in [2.75, 3.05) is 61.3 Å². The topological polar surface area (TPSA) is 85.9 Å². The first kappa shape index (κ1) is 28.0. The lowest BCUT2D eigenvalue weighted by atomic mass is 9.90. The maximum atomic E-state index is 12.3. The summed E-state index contributed by atoms with van der Waals surface area (Å²) < 4.78 is 5.78. The number of benzene rings is 1. The molecule has 1 amide bonds. The third-order valence-electron chi connectivity index (χ3n) is 7.68. The van der Waals surface area contributed by atoms with Gasteiger partial charge in [0.2, 0.25) is 11.9 Å². The molecule has 2 aliphatic rings. The number of piperidine rings is 2. The van der Waals surface area contributed by atoms with E-state index in [1.807, 2.05) is 12.1 Å². The maximum absolute atomic E-state index is 12.3. The first-order valence-corrected chi connectivity index (χ1v) is 13.6. The predicted octanol–water partition coefficient (Wildman–Crippen LogP) is 5.31. The third-order valence-corrected chi connectivity index (χ3v) is 7.94. The smallest absolute Gasteiger partial charge is 0.247 e. The molecule has 4 rings (SSSR count). The van der Waals surface area contributed by atoms with Crippen molar-refractivity contribution >= 4 is 46.3 Å². The molecule has 1 aromatic heterocycles. The van der Waals surface area contributed by atoms with E-state index in [-0.39, 0.29) is 11.4 Å². The Labute approximate surface area is 231 Å². The summed E-state index contributed by atoms with van der Waals surface area (Å²) in [6.45, 7) is 10.7. The molecular weight excluding hydrogens is 502 g/mol. The van der Waals surface area contributed by atoms with Gasteiger partial charge in [-0.05, 0) is 72.2 Å². The van der Waals surface area contributed by atoms with Crippen molar-refractivity contribution in [2.45, 2.75) is 57.5 Å². The van der Waals surface area contributed by atoms with Crippen LogP contribution in [-0.4, -0.2) is 73.2 Å². The molecule has 2 N–H and O–H groups in total. The van der Waals surface area contributed by atoms with E-state index in [4.69, 9.17) is 21.3 Å². The van der Waals surface area contributed by atoms with Gasteiger partial charge in [-0.3, -0.25) is 4.79 Å². The Morgan fingerprint density at radius 1 is 1.21 bits per heavy atom. The molecule has 2 aliphatic heterocycles. The number of anilines is 5. The number of hydrogen-bond donors (Lipinski definition) is 2. The Morgan fingerprint density at radius 3 is 2.58 bits per heavy atom. The fourth-order valence-corrected chi connectivity index (χ4v) is 5.58. The highest BCUT2D eigenvalue weighted by Gasteiger charge is 2.32. The molecule has 0 unspecified atom stereocenters. The number of nitrogens with one attached hydrogen (secondary N) is 2. The van der Waals surface area contributed by atoms with Gasteiger partial charge >= 0.3 is 0 Å². The van der Waals surface area contributed by atoms with Crippen molar-refractivity contribution in [3.05, 3.63) is 36.0 Å². The van der Waals surface area contributed by atoms with E-state index in [1.54, 1.807) is 13.3 Å². The van der Waals surface area contributed by atoms with Crippen molar-refractivity contribution < 1.29 is 9.53 Å². The molecule has 10 heteroatoms. The van der Waals surface area contributed by atoms with Crippen molar-refractivity contribution in [3.8, 4) is 5.75 Å². The van der Waals surface area contributed by atoms with Gasteiger partial charge in [0, 0.05) is 37.3 Å². The Morgan fingerprint density at radius 2 is 1.95 bits per heavy atom.